The molecule has 4 N–H and O–H groups in total. The van der Waals surface area contributed by atoms with Gasteiger partial charge in [-0.2, -0.15) is 10.2 Å². The molecule has 2 fully saturated rings. The number of nitrogens with one attached hydrogen (secondary N) is 1. The Balaban J connectivity index is 0.000000244. The second-order valence-electron chi connectivity index (χ2n) is 13.1. The molecule has 25 heteroatoms. The van der Waals surface area contributed by atoms with Crippen LogP contribution >= 0.6 is 0 Å². The van der Waals surface area contributed by atoms with Crippen molar-refractivity contribution in [2.45, 2.75) is 50.7 Å². The zero-order valence-electron chi connectivity index (χ0n) is 31.9. The van der Waals surface area contributed by atoms with Gasteiger partial charge >= 0.3 is 18.2 Å². The summed E-state index contributed by atoms with van der Waals surface area (Å²) in [6.45, 7) is 0.164. The van der Waals surface area contributed by atoms with E-state index in [1.165, 1.54) is 46.7 Å². The summed E-state index contributed by atoms with van der Waals surface area (Å²) in [6, 6.07) is 8.36. The number of carbonyl (C=O) groups excluding carboxylic acids is 5. The third-order valence-corrected chi connectivity index (χ3v) is 8.96. The summed E-state index contributed by atoms with van der Waals surface area (Å²) in [5.41, 5.74) is 3.77. The van der Waals surface area contributed by atoms with Gasteiger partial charge in [-0.3, -0.25) is 24.2 Å². The number of nitrogens with zero attached hydrogens (tertiary/aromatic N) is 7. The highest BCUT2D eigenvalue weighted by atomic mass is 19.3. The number of hydrogen-bond donors (Lipinski definition) is 4. The Labute approximate surface area is 342 Å². The van der Waals surface area contributed by atoms with E-state index in [0.29, 0.717) is 24.5 Å². The highest BCUT2D eigenvalue weighted by Gasteiger charge is 2.35. The number of rotatable bonds is 14. The van der Waals surface area contributed by atoms with Crippen LogP contribution < -0.4 is 25.0 Å². The summed E-state index contributed by atoms with van der Waals surface area (Å²) in [4.78, 5) is 72.1. The van der Waals surface area contributed by atoms with Gasteiger partial charge in [0.1, 0.15) is 49.7 Å². The SMILES string of the molecule is O=C(CC[C@H]1CN(c2ccc(N3C=NN(C(=O)CO)CC3)c(F)c2)C(=O)O1)C(F)F.O=C(CC[C@H]1CN(c2ccc(N3C=NNCC3)c(F)c2)C(=O)O1)C(F)F.O=C(O)CO. The fourth-order valence-corrected chi connectivity index (χ4v) is 5.87. The lowest BCUT2D eigenvalue weighted by Gasteiger charge is -2.28. The average Bonchev–Trinajstić information content (AvgIpc) is 3.82. The van der Waals surface area contributed by atoms with Crippen LogP contribution in [0, 0.1) is 11.6 Å². The number of carboxylic acid groups (broad SMARTS) is 1. The maximum absolute atomic E-state index is 14.6. The fraction of sp³-hybridized carbons (Fsp3) is 0.444. The maximum Gasteiger partial charge on any atom is 0.414 e. The van der Waals surface area contributed by atoms with Gasteiger partial charge < -0.3 is 40.0 Å². The molecule has 332 valence electrons. The molecule has 6 rings (SSSR count). The summed E-state index contributed by atoms with van der Waals surface area (Å²) in [7, 11) is 0. The number of aliphatic hydroxyl groups excluding tert-OH is 2. The molecule has 0 aliphatic carbocycles. The molecule has 2 atom stereocenters. The first-order valence-electron chi connectivity index (χ1n) is 18.3. The molecule has 0 aromatic heterocycles. The van der Waals surface area contributed by atoms with Crippen molar-refractivity contribution in [2.75, 3.05) is 72.1 Å². The first-order valence-corrected chi connectivity index (χ1v) is 18.3. The molecule has 0 bridgehead atoms. The number of aliphatic carboxylic acids is 1. The maximum atomic E-state index is 14.6. The molecular weight excluding hydrogens is 834 g/mol. The van der Waals surface area contributed by atoms with Crippen molar-refractivity contribution in [3.63, 3.8) is 0 Å². The molecule has 0 saturated carbocycles. The number of aliphatic hydroxyl groups is 2. The second kappa shape index (κ2) is 22.2. The average molecular weight is 875 g/mol. The molecule has 0 unspecified atom stereocenters. The van der Waals surface area contributed by atoms with E-state index < -0.39 is 92.0 Å². The number of ether oxygens (including phenoxy) is 2. The molecule has 0 spiro atoms. The standard InChI is InChI=1S/C18H19F3N4O5.C16H17F3N4O3.C2H4O3/c19-13-7-11(24-8-12(30-18(24)29)2-4-15(27)17(20)21)1-3-14(13)23-5-6-25(22-10-23)16(28)9-26;17-12-7-10(1-3-13(12)22-6-5-20-21-9-22)23-8-11(26-16(23)25)2-4-14(24)15(18)19;3-1-2(4)5/h1,3,7,10,12,17,26H,2,4-6,8-9H2;1,3,7,9,11,15,20H,2,4-6,8H2;3H,1H2,(H,4,5)/t12-;11-;/m00./s1. The van der Waals surface area contributed by atoms with Crippen molar-refractivity contribution >= 4 is 71.1 Å². The van der Waals surface area contributed by atoms with Gasteiger partial charge in [0.2, 0.25) is 0 Å². The number of hydrogen-bond acceptors (Lipinski definition) is 15. The monoisotopic (exact) mass is 874 g/mol. The number of hydrazone groups is 2. The molecular formula is C36H40F6N8O11. The zero-order chi connectivity index (χ0) is 44.8. The van der Waals surface area contributed by atoms with Crippen LogP contribution in [0.25, 0.3) is 0 Å². The molecule has 0 radical (unpaired) electrons. The predicted octanol–water partition coefficient (Wildman–Crippen LogP) is 2.53. The van der Waals surface area contributed by atoms with E-state index in [1.807, 2.05) is 0 Å². The summed E-state index contributed by atoms with van der Waals surface area (Å²) in [5, 5.41) is 32.7. The number of carboxylic acids is 1. The smallest absolute Gasteiger partial charge is 0.414 e. The molecule has 2 aromatic carbocycles. The minimum atomic E-state index is -3.06. The van der Waals surface area contributed by atoms with E-state index in [0.717, 1.165) is 16.0 Å². The van der Waals surface area contributed by atoms with Gasteiger partial charge in [0.25, 0.3) is 18.8 Å². The number of amides is 3. The number of carbonyl (C=O) groups is 6. The van der Waals surface area contributed by atoms with Crippen LogP contribution in [0.1, 0.15) is 25.7 Å². The fourth-order valence-electron chi connectivity index (χ4n) is 5.87. The van der Waals surface area contributed by atoms with Gasteiger partial charge in [-0.05, 0) is 49.2 Å². The Hall–Kier alpha value is -6.50. The lowest BCUT2D eigenvalue weighted by Crippen LogP contribution is -2.42. The summed E-state index contributed by atoms with van der Waals surface area (Å²) in [5.74, 6) is -5.34. The van der Waals surface area contributed by atoms with E-state index in [1.54, 1.807) is 11.0 Å². The van der Waals surface area contributed by atoms with E-state index in [-0.39, 0.29) is 56.8 Å². The Morgan fingerprint density at radius 1 is 0.738 bits per heavy atom. The largest absolute Gasteiger partial charge is 0.480 e. The molecule has 61 heavy (non-hydrogen) atoms. The van der Waals surface area contributed by atoms with Gasteiger partial charge in [-0.1, -0.05) is 0 Å². The molecule has 4 heterocycles. The number of Topliss-reactive ketones (excluding diaryl/α,β-unsaturated/α-hetero) is 2. The molecule has 4 aliphatic heterocycles. The highest BCUT2D eigenvalue weighted by molar-refractivity contribution is 5.92. The molecule has 2 saturated heterocycles. The first-order chi connectivity index (χ1) is 29.0. The minimum Gasteiger partial charge on any atom is -0.480 e. The number of cyclic esters (lactones) is 2. The van der Waals surface area contributed by atoms with Gasteiger partial charge in [0.05, 0.1) is 48.9 Å². The van der Waals surface area contributed by atoms with Crippen molar-refractivity contribution in [2.24, 2.45) is 10.2 Å². The van der Waals surface area contributed by atoms with Gasteiger partial charge in [0.15, 0.2) is 11.6 Å². The van der Waals surface area contributed by atoms with E-state index in [2.05, 4.69) is 15.6 Å². The number of benzene rings is 2. The van der Waals surface area contributed by atoms with Crippen LogP contribution in [0.5, 0.6) is 0 Å². The van der Waals surface area contributed by atoms with Crippen molar-refractivity contribution in [3.05, 3.63) is 48.0 Å². The summed E-state index contributed by atoms with van der Waals surface area (Å²) < 4.78 is 88.2. The van der Waals surface area contributed by atoms with E-state index in [4.69, 9.17) is 29.6 Å². The van der Waals surface area contributed by atoms with Crippen LogP contribution in [0.4, 0.5) is 58.7 Å². The predicted molar refractivity (Wildman–Crippen MR) is 202 cm³/mol. The zero-order valence-corrected chi connectivity index (χ0v) is 31.9. The summed E-state index contributed by atoms with van der Waals surface area (Å²) >= 11 is 0. The van der Waals surface area contributed by atoms with Crippen molar-refractivity contribution < 1.29 is 79.9 Å². The number of halogens is 6. The van der Waals surface area contributed by atoms with Crippen molar-refractivity contribution in [1.82, 2.24) is 10.4 Å². The Morgan fingerprint density at radius 3 is 1.57 bits per heavy atom. The Bertz CT molecular complexity index is 1980. The lowest BCUT2D eigenvalue weighted by molar-refractivity contribution is -0.140. The van der Waals surface area contributed by atoms with Crippen molar-refractivity contribution in [1.29, 1.82) is 0 Å². The normalized spacial score (nSPS) is 18.3. The molecule has 3 amide bonds. The van der Waals surface area contributed by atoms with Crippen LogP contribution in [0.3, 0.4) is 0 Å². The van der Waals surface area contributed by atoms with Crippen LogP contribution in [0.2, 0.25) is 0 Å². The van der Waals surface area contributed by atoms with E-state index >= 15 is 0 Å². The number of anilines is 4. The number of ketones is 2. The Morgan fingerprint density at radius 2 is 1.21 bits per heavy atom. The topological polar surface area (TPSA) is 235 Å². The second-order valence-corrected chi connectivity index (χ2v) is 13.1. The van der Waals surface area contributed by atoms with Gasteiger partial charge in [0, 0.05) is 25.9 Å². The quantitative estimate of drug-likeness (QED) is 0.200. The molecule has 4 aliphatic rings. The minimum absolute atomic E-state index is 0.00320. The summed E-state index contributed by atoms with van der Waals surface area (Å²) in [6.07, 6.45) is -7.07. The first kappa shape index (κ1) is 47.2. The molecule has 19 nitrogen and oxygen atoms in total. The third kappa shape index (κ3) is 13.2. The van der Waals surface area contributed by atoms with Gasteiger partial charge in [-0.25, -0.2) is 45.7 Å². The van der Waals surface area contributed by atoms with Crippen molar-refractivity contribution in [3.8, 4) is 0 Å². The van der Waals surface area contributed by atoms with Gasteiger partial charge in [-0.15, -0.1) is 0 Å². The highest BCUT2D eigenvalue weighted by Crippen LogP contribution is 2.30. The van der Waals surface area contributed by atoms with Crippen LogP contribution in [-0.4, -0.2) is 146 Å². The third-order valence-electron chi connectivity index (χ3n) is 8.96. The number of alkyl halides is 4. The van der Waals surface area contributed by atoms with E-state index in [9.17, 15) is 50.3 Å². The van der Waals surface area contributed by atoms with Crippen LogP contribution in [-0.2, 0) is 28.7 Å². The lowest BCUT2D eigenvalue weighted by atomic mass is 10.1. The molecule has 2 aromatic rings. The Kier molecular flexibility index (Phi) is 17.2. The van der Waals surface area contributed by atoms with Crippen LogP contribution in [0.15, 0.2) is 46.6 Å².